The van der Waals surface area contributed by atoms with E-state index in [1.165, 1.54) is 0 Å². The van der Waals surface area contributed by atoms with Gasteiger partial charge in [-0.1, -0.05) is 11.6 Å². The van der Waals surface area contributed by atoms with Gasteiger partial charge < -0.3 is 5.73 Å². The number of nitrogens with zero attached hydrogens (tertiary/aromatic N) is 1. The summed E-state index contributed by atoms with van der Waals surface area (Å²) in [5.74, 6) is -2.43. The van der Waals surface area contributed by atoms with Gasteiger partial charge in [0.15, 0.2) is 0 Å². The normalized spacial score (nSPS) is 10.6. The first kappa shape index (κ1) is 11.7. The highest BCUT2D eigenvalue weighted by Crippen LogP contribution is 2.32. The third-order valence-corrected chi connectivity index (χ3v) is 2.49. The van der Waals surface area contributed by atoms with Gasteiger partial charge in [-0.25, -0.2) is 13.8 Å². The van der Waals surface area contributed by atoms with Gasteiger partial charge in [-0.3, -0.25) is 0 Å². The lowest BCUT2D eigenvalue weighted by atomic mass is 10.1. The Morgan fingerprint density at radius 3 is 2.47 bits per heavy atom. The third-order valence-electron chi connectivity index (χ3n) is 2.18. The van der Waals surface area contributed by atoms with E-state index in [-0.39, 0.29) is 21.8 Å². The van der Waals surface area contributed by atoms with Crippen molar-refractivity contribution < 1.29 is 13.2 Å². The fraction of sp³-hybridized carbons (Fsp3) is 0. The number of benzene rings is 1. The van der Waals surface area contributed by atoms with Gasteiger partial charge in [0.2, 0.25) is 5.95 Å². The van der Waals surface area contributed by atoms with Crippen LogP contribution in [0.4, 0.5) is 18.9 Å². The first-order valence-electron chi connectivity index (χ1n) is 4.55. The molecule has 0 saturated heterocycles. The Labute approximate surface area is 99.8 Å². The molecular formula is C11H6ClF3N2. The largest absolute Gasteiger partial charge is 0.396 e. The van der Waals surface area contributed by atoms with E-state index < -0.39 is 17.6 Å². The van der Waals surface area contributed by atoms with E-state index in [1.54, 1.807) is 0 Å². The second kappa shape index (κ2) is 4.25. The molecule has 0 aliphatic heterocycles. The van der Waals surface area contributed by atoms with Crippen LogP contribution in [0.2, 0.25) is 5.02 Å². The van der Waals surface area contributed by atoms with Crippen LogP contribution in [0.15, 0.2) is 24.4 Å². The molecule has 0 saturated carbocycles. The molecule has 0 atom stereocenters. The molecule has 1 aromatic heterocycles. The van der Waals surface area contributed by atoms with Crippen LogP contribution in [0, 0.1) is 17.6 Å². The van der Waals surface area contributed by atoms with Crippen LogP contribution in [0.25, 0.3) is 11.1 Å². The molecule has 1 heterocycles. The Hall–Kier alpha value is -1.75. The van der Waals surface area contributed by atoms with Crippen LogP contribution < -0.4 is 5.73 Å². The Kier molecular flexibility index (Phi) is 2.93. The third kappa shape index (κ3) is 2.19. The fourth-order valence-corrected chi connectivity index (χ4v) is 1.65. The summed E-state index contributed by atoms with van der Waals surface area (Å²) in [6, 6.07) is 2.97. The molecule has 1 aromatic carbocycles. The molecule has 0 radical (unpaired) electrons. The minimum atomic E-state index is -0.933. The number of pyridine rings is 1. The lowest BCUT2D eigenvalue weighted by Gasteiger charge is -2.07. The molecule has 2 rings (SSSR count). The molecule has 0 spiro atoms. The van der Waals surface area contributed by atoms with Crippen LogP contribution in [0.1, 0.15) is 0 Å². The highest BCUT2D eigenvalue weighted by Gasteiger charge is 2.14. The van der Waals surface area contributed by atoms with Gasteiger partial charge in [0.05, 0.1) is 16.9 Å². The number of nitrogen functional groups attached to an aromatic ring is 1. The van der Waals surface area contributed by atoms with Crippen molar-refractivity contribution in [2.75, 3.05) is 5.73 Å². The summed E-state index contributed by atoms with van der Waals surface area (Å²) in [6.45, 7) is 0. The van der Waals surface area contributed by atoms with Crippen LogP contribution in [-0.2, 0) is 0 Å². The molecule has 0 aliphatic rings. The summed E-state index contributed by atoms with van der Waals surface area (Å²) in [6.07, 6.45) is 0.723. The summed E-state index contributed by atoms with van der Waals surface area (Å²) >= 11 is 5.80. The number of hydrogen-bond donors (Lipinski definition) is 1. The molecule has 0 unspecified atom stereocenters. The zero-order chi connectivity index (χ0) is 12.6. The Morgan fingerprint density at radius 1 is 1.06 bits per heavy atom. The summed E-state index contributed by atoms with van der Waals surface area (Å²) < 4.78 is 39.6. The van der Waals surface area contributed by atoms with Gasteiger partial charge in [-0.15, -0.1) is 0 Å². The molecule has 0 aliphatic carbocycles. The second-order valence-electron chi connectivity index (χ2n) is 3.35. The van der Waals surface area contributed by atoms with E-state index in [2.05, 4.69) is 4.98 Å². The second-order valence-corrected chi connectivity index (χ2v) is 3.75. The topological polar surface area (TPSA) is 38.9 Å². The average Bonchev–Trinajstić information content (AvgIpc) is 2.27. The van der Waals surface area contributed by atoms with Crippen molar-refractivity contribution in [2.24, 2.45) is 0 Å². The summed E-state index contributed by atoms with van der Waals surface area (Å²) in [4.78, 5) is 3.19. The highest BCUT2D eigenvalue weighted by molar-refractivity contribution is 6.33. The Balaban J connectivity index is 2.68. The van der Waals surface area contributed by atoms with Crippen LogP contribution in [0.3, 0.4) is 0 Å². The SMILES string of the molecule is Nc1cc(Cl)c(-c2cc(F)cnc2F)cc1F. The molecule has 0 amide bonds. The average molecular weight is 259 g/mol. The van der Waals surface area contributed by atoms with Gasteiger partial charge in [0.25, 0.3) is 0 Å². The molecule has 0 fully saturated rings. The molecular weight excluding hydrogens is 253 g/mol. The lowest BCUT2D eigenvalue weighted by molar-refractivity contribution is 0.563. The molecule has 2 N–H and O–H groups in total. The number of aromatic nitrogens is 1. The van der Waals surface area contributed by atoms with Gasteiger partial charge >= 0.3 is 0 Å². The highest BCUT2D eigenvalue weighted by atomic mass is 35.5. The summed E-state index contributed by atoms with van der Waals surface area (Å²) in [5.41, 5.74) is 4.92. The summed E-state index contributed by atoms with van der Waals surface area (Å²) in [5, 5.41) is 0.0233. The maximum atomic E-state index is 13.4. The van der Waals surface area contributed by atoms with Crippen molar-refractivity contribution >= 4 is 17.3 Å². The van der Waals surface area contributed by atoms with Crippen LogP contribution >= 0.6 is 11.6 Å². The molecule has 2 nitrogen and oxygen atoms in total. The van der Waals surface area contributed by atoms with Gasteiger partial charge in [0, 0.05) is 11.1 Å². The predicted molar refractivity (Wildman–Crippen MR) is 59.0 cm³/mol. The smallest absolute Gasteiger partial charge is 0.220 e. The molecule has 0 bridgehead atoms. The maximum Gasteiger partial charge on any atom is 0.220 e. The summed E-state index contributed by atoms with van der Waals surface area (Å²) in [7, 11) is 0. The molecule has 88 valence electrons. The lowest BCUT2D eigenvalue weighted by Crippen LogP contribution is -1.95. The molecule has 6 heteroatoms. The number of hydrogen-bond acceptors (Lipinski definition) is 2. The van der Waals surface area contributed by atoms with E-state index in [0.29, 0.717) is 0 Å². The molecule has 17 heavy (non-hydrogen) atoms. The van der Waals surface area contributed by atoms with Crippen LogP contribution in [-0.4, -0.2) is 4.98 Å². The Bertz CT molecular complexity index is 587. The number of halogens is 4. The first-order valence-corrected chi connectivity index (χ1v) is 4.93. The van der Waals surface area contributed by atoms with Crippen molar-refractivity contribution in [3.8, 4) is 11.1 Å². The van der Waals surface area contributed by atoms with Crippen molar-refractivity contribution in [3.63, 3.8) is 0 Å². The van der Waals surface area contributed by atoms with Crippen molar-refractivity contribution in [1.29, 1.82) is 0 Å². The first-order chi connectivity index (χ1) is 7.99. The van der Waals surface area contributed by atoms with Gasteiger partial charge in [-0.2, -0.15) is 4.39 Å². The minimum absolute atomic E-state index is 0.00265. The Morgan fingerprint density at radius 2 is 1.76 bits per heavy atom. The van der Waals surface area contributed by atoms with Crippen molar-refractivity contribution in [2.45, 2.75) is 0 Å². The number of rotatable bonds is 1. The number of nitrogens with two attached hydrogens (primary N) is 1. The van der Waals surface area contributed by atoms with E-state index >= 15 is 0 Å². The monoisotopic (exact) mass is 258 g/mol. The van der Waals surface area contributed by atoms with Crippen molar-refractivity contribution in [3.05, 3.63) is 47.0 Å². The fourth-order valence-electron chi connectivity index (χ4n) is 1.38. The zero-order valence-electron chi connectivity index (χ0n) is 8.35. The predicted octanol–water partition coefficient (Wildman–Crippen LogP) is 3.40. The van der Waals surface area contributed by atoms with E-state index in [9.17, 15) is 13.2 Å². The van der Waals surface area contributed by atoms with E-state index in [0.717, 1.165) is 24.4 Å². The standard InChI is InChI=1S/C11H6ClF3N2/c12-8-3-10(16)9(14)2-6(8)7-1-5(13)4-17-11(7)15/h1-4H,16H2. The number of anilines is 1. The van der Waals surface area contributed by atoms with E-state index in [1.807, 2.05) is 0 Å². The van der Waals surface area contributed by atoms with Gasteiger partial charge in [0.1, 0.15) is 11.6 Å². The van der Waals surface area contributed by atoms with Crippen molar-refractivity contribution in [1.82, 2.24) is 4.98 Å². The van der Waals surface area contributed by atoms with Crippen LogP contribution in [0.5, 0.6) is 0 Å². The minimum Gasteiger partial charge on any atom is -0.396 e. The molecule has 2 aromatic rings. The van der Waals surface area contributed by atoms with Gasteiger partial charge in [-0.05, 0) is 18.2 Å². The quantitative estimate of drug-likeness (QED) is 0.629. The zero-order valence-corrected chi connectivity index (χ0v) is 9.10. The maximum absolute atomic E-state index is 13.4. The van der Waals surface area contributed by atoms with E-state index in [4.69, 9.17) is 17.3 Å².